The zero-order valence-corrected chi connectivity index (χ0v) is 11.7. The Morgan fingerprint density at radius 3 is 2.23 bits per heavy atom. The lowest BCUT2D eigenvalue weighted by Gasteiger charge is -2.06. The van der Waals surface area contributed by atoms with E-state index in [-0.39, 0.29) is 0 Å². The summed E-state index contributed by atoms with van der Waals surface area (Å²) in [6, 6.07) is 0. The predicted molar refractivity (Wildman–Crippen MR) is 67.0 cm³/mol. The summed E-state index contributed by atoms with van der Waals surface area (Å²) >= 11 is 7.44. The molecule has 1 aliphatic rings. The van der Waals surface area contributed by atoms with Crippen LogP contribution in [0, 0.1) is 0 Å². The summed E-state index contributed by atoms with van der Waals surface area (Å²) < 4.78 is 0.484. The molecule has 2 atom stereocenters. The van der Waals surface area contributed by atoms with Crippen LogP contribution in [0.1, 0.15) is 58.3 Å². The molecule has 0 spiro atoms. The van der Waals surface area contributed by atoms with Crippen molar-refractivity contribution in [3.63, 3.8) is 0 Å². The molecule has 0 aromatic heterocycles. The highest BCUT2D eigenvalue weighted by atomic mass is 79.9. The van der Waals surface area contributed by atoms with Gasteiger partial charge in [-0.2, -0.15) is 0 Å². The molecule has 0 aliphatic heterocycles. The smallest absolute Gasteiger partial charge is 0.0394 e. The van der Waals surface area contributed by atoms with Crippen molar-refractivity contribution >= 4 is 31.9 Å². The lowest BCUT2D eigenvalue weighted by Crippen LogP contribution is -2.00. The second kappa shape index (κ2) is 5.75. The van der Waals surface area contributed by atoms with E-state index >= 15 is 0 Å². The first-order valence-corrected chi connectivity index (χ1v) is 7.23. The molecule has 1 aliphatic carbocycles. The number of rotatable bonds is 7. The van der Waals surface area contributed by atoms with Gasteiger partial charge in [0.25, 0.3) is 0 Å². The standard InChI is InChI=1S/C11H20Br2/c1-2-3-4-5-6-7-8-11(13)9-10(11)12/h10H,2-9H2,1H3/t10-,11+/m1/s1. The molecule has 1 rings (SSSR count). The fourth-order valence-electron chi connectivity index (χ4n) is 1.70. The Labute approximate surface area is 99.1 Å². The third-order valence-corrected chi connectivity index (χ3v) is 5.95. The van der Waals surface area contributed by atoms with Crippen molar-refractivity contribution in [1.82, 2.24) is 0 Å². The second-order valence-electron chi connectivity index (χ2n) is 4.22. The largest absolute Gasteiger partial charge is 0.0875 e. The molecule has 0 heterocycles. The Morgan fingerprint density at radius 1 is 1.15 bits per heavy atom. The molecule has 0 aromatic carbocycles. The van der Waals surface area contributed by atoms with Gasteiger partial charge in [0, 0.05) is 9.15 Å². The monoisotopic (exact) mass is 310 g/mol. The molecule has 13 heavy (non-hydrogen) atoms. The van der Waals surface area contributed by atoms with E-state index in [4.69, 9.17) is 0 Å². The van der Waals surface area contributed by atoms with E-state index in [0.29, 0.717) is 4.32 Å². The van der Waals surface area contributed by atoms with Crippen molar-refractivity contribution in [1.29, 1.82) is 0 Å². The molecule has 1 saturated carbocycles. The van der Waals surface area contributed by atoms with Gasteiger partial charge in [-0.05, 0) is 12.8 Å². The van der Waals surface area contributed by atoms with Crippen LogP contribution in [0.2, 0.25) is 0 Å². The summed E-state index contributed by atoms with van der Waals surface area (Å²) in [4.78, 5) is 0.746. The molecular weight excluding hydrogens is 292 g/mol. The summed E-state index contributed by atoms with van der Waals surface area (Å²) in [6.07, 6.45) is 11.1. The van der Waals surface area contributed by atoms with Gasteiger partial charge in [0.05, 0.1) is 0 Å². The van der Waals surface area contributed by atoms with Crippen molar-refractivity contribution in [2.24, 2.45) is 0 Å². The van der Waals surface area contributed by atoms with Gasteiger partial charge in [0.2, 0.25) is 0 Å². The maximum Gasteiger partial charge on any atom is 0.0394 e. The molecule has 0 aromatic rings. The highest BCUT2D eigenvalue weighted by Crippen LogP contribution is 2.53. The van der Waals surface area contributed by atoms with Crippen LogP contribution < -0.4 is 0 Å². The second-order valence-corrected chi connectivity index (χ2v) is 6.91. The Morgan fingerprint density at radius 2 is 1.69 bits per heavy atom. The van der Waals surface area contributed by atoms with Crippen LogP contribution in [0.3, 0.4) is 0 Å². The van der Waals surface area contributed by atoms with E-state index in [1.165, 1.54) is 51.4 Å². The quantitative estimate of drug-likeness (QED) is 0.456. The minimum Gasteiger partial charge on any atom is -0.0875 e. The lowest BCUT2D eigenvalue weighted by molar-refractivity contribution is 0.582. The van der Waals surface area contributed by atoms with E-state index in [0.717, 1.165) is 4.83 Å². The van der Waals surface area contributed by atoms with Crippen molar-refractivity contribution in [3.8, 4) is 0 Å². The first kappa shape index (κ1) is 12.0. The normalized spacial score (nSPS) is 32.1. The number of halogens is 2. The summed E-state index contributed by atoms with van der Waals surface area (Å²) in [5.41, 5.74) is 0. The van der Waals surface area contributed by atoms with Gasteiger partial charge in [0.1, 0.15) is 0 Å². The highest BCUT2D eigenvalue weighted by molar-refractivity contribution is 9.13. The first-order chi connectivity index (χ1) is 6.19. The van der Waals surface area contributed by atoms with Crippen molar-refractivity contribution < 1.29 is 0 Å². The summed E-state index contributed by atoms with van der Waals surface area (Å²) in [5, 5.41) is 0. The molecule has 1 fully saturated rings. The molecule has 0 radical (unpaired) electrons. The predicted octanol–water partition coefficient (Wildman–Crippen LogP) is 5.04. The van der Waals surface area contributed by atoms with Crippen LogP contribution in [0.15, 0.2) is 0 Å². The fourth-order valence-corrected chi connectivity index (χ4v) is 3.54. The number of unbranched alkanes of at least 4 members (excludes halogenated alkanes) is 5. The molecule has 0 nitrogen and oxygen atoms in total. The number of alkyl halides is 2. The molecule has 0 bridgehead atoms. The molecule has 0 unspecified atom stereocenters. The van der Waals surface area contributed by atoms with E-state index in [1.807, 2.05) is 0 Å². The lowest BCUT2D eigenvalue weighted by atomic mass is 10.1. The molecule has 0 amide bonds. The maximum absolute atomic E-state index is 3.79. The van der Waals surface area contributed by atoms with Gasteiger partial charge in [-0.25, -0.2) is 0 Å². The van der Waals surface area contributed by atoms with Crippen LogP contribution in [-0.4, -0.2) is 9.15 Å². The van der Waals surface area contributed by atoms with Crippen molar-refractivity contribution in [2.75, 3.05) is 0 Å². The minimum atomic E-state index is 0.484. The third kappa shape index (κ3) is 4.33. The minimum absolute atomic E-state index is 0.484. The summed E-state index contributed by atoms with van der Waals surface area (Å²) in [7, 11) is 0. The highest BCUT2D eigenvalue weighted by Gasteiger charge is 2.49. The zero-order chi connectivity index (χ0) is 9.73. The Kier molecular flexibility index (Phi) is 5.32. The summed E-state index contributed by atoms with van der Waals surface area (Å²) in [6.45, 7) is 2.27. The van der Waals surface area contributed by atoms with Crippen LogP contribution in [-0.2, 0) is 0 Å². The van der Waals surface area contributed by atoms with Gasteiger partial charge in [-0.3, -0.25) is 0 Å². The van der Waals surface area contributed by atoms with Gasteiger partial charge >= 0.3 is 0 Å². The topological polar surface area (TPSA) is 0 Å². The fraction of sp³-hybridized carbons (Fsp3) is 1.00. The molecule has 78 valence electrons. The first-order valence-electron chi connectivity index (χ1n) is 5.52. The van der Waals surface area contributed by atoms with E-state index in [1.54, 1.807) is 0 Å². The van der Waals surface area contributed by atoms with Crippen molar-refractivity contribution in [3.05, 3.63) is 0 Å². The average Bonchev–Trinajstić information content (AvgIpc) is 2.68. The number of hydrogen-bond acceptors (Lipinski definition) is 0. The van der Waals surface area contributed by atoms with Gasteiger partial charge in [-0.1, -0.05) is 77.3 Å². The molecule has 2 heteroatoms. The van der Waals surface area contributed by atoms with E-state index < -0.39 is 0 Å². The average molecular weight is 312 g/mol. The molecular formula is C11H20Br2. The Bertz CT molecular complexity index is 147. The van der Waals surface area contributed by atoms with Crippen LogP contribution in [0.4, 0.5) is 0 Å². The van der Waals surface area contributed by atoms with Gasteiger partial charge < -0.3 is 0 Å². The summed E-state index contributed by atoms with van der Waals surface area (Å²) in [5.74, 6) is 0. The van der Waals surface area contributed by atoms with Gasteiger partial charge in [-0.15, -0.1) is 0 Å². The van der Waals surface area contributed by atoms with E-state index in [9.17, 15) is 0 Å². The van der Waals surface area contributed by atoms with Crippen molar-refractivity contribution in [2.45, 2.75) is 67.4 Å². The Hall–Kier alpha value is 0.960. The van der Waals surface area contributed by atoms with E-state index in [2.05, 4.69) is 38.8 Å². The maximum atomic E-state index is 3.79. The number of hydrogen-bond donors (Lipinski definition) is 0. The molecule has 0 N–H and O–H groups in total. The van der Waals surface area contributed by atoms with Gasteiger partial charge in [0.15, 0.2) is 0 Å². The Balaban J connectivity index is 1.85. The molecule has 0 saturated heterocycles. The zero-order valence-electron chi connectivity index (χ0n) is 8.49. The third-order valence-electron chi connectivity index (χ3n) is 2.87. The SMILES string of the molecule is CCCCCCCC[C@]1(Br)C[C@H]1Br. The van der Waals surface area contributed by atoms with Crippen LogP contribution >= 0.6 is 31.9 Å². The van der Waals surface area contributed by atoms with Crippen LogP contribution in [0.5, 0.6) is 0 Å². The van der Waals surface area contributed by atoms with Crippen LogP contribution in [0.25, 0.3) is 0 Å².